The lowest BCUT2D eigenvalue weighted by Crippen LogP contribution is -1.95. The van der Waals surface area contributed by atoms with E-state index in [0.29, 0.717) is 6.54 Å². The molecule has 0 fully saturated rings. The van der Waals surface area contributed by atoms with E-state index < -0.39 is 0 Å². The van der Waals surface area contributed by atoms with Crippen LogP contribution in [0.4, 0.5) is 0 Å². The standard InChI is InChI=1S/C12H15NO/c1-10-8-11(9-14)5-6-12(10)4-2-3-7-13/h2,4-6,8-9H,3,7,13H2,1H3. The van der Waals surface area contributed by atoms with Gasteiger partial charge in [0.2, 0.25) is 0 Å². The maximum absolute atomic E-state index is 10.5. The largest absolute Gasteiger partial charge is 0.330 e. The molecule has 74 valence electrons. The van der Waals surface area contributed by atoms with E-state index in [0.717, 1.165) is 29.4 Å². The Kier molecular flexibility index (Phi) is 4.08. The first-order valence-electron chi connectivity index (χ1n) is 4.70. The third-order valence-corrected chi connectivity index (χ3v) is 2.06. The molecule has 1 aromatic carbocycles. The third kappa shape index (κ3) is 2.82. The highest BCUT2D eigenvalue weighted by Crippen LogP contribution is 2.11. The second-order valence-corrected chi connectivity index (χ2v) is 3.21. The van der Waals surface area contributed by atoms with E-state index in [1.807, 2.05) is 37.3 Å². The zero-order valence-corrected chi connectivity index (χ0v) is 8.36. The number of aldehydes is 1. The average molecular weight is 189 g/mol. The lowest BCUT2D eigenvalue weighted by atomic mass is 10.1. The molecule has 0 aliphatic rings. The number of benzene rings is 1. The van der Waals surface area contributed by atoms with Crippen molar-refractivity contribution in [2.24, 2.45) is 5.73 Å². The Balaban J connectivity index is 2.83. The molecular formula is C12H15NO. The van der Waals surface area contributed by atoms with Crippen molar-refractivity contribution >= 4 is 12.4 Å². The van der Waals surface area contributed by atoms with Crippen LogP contribution in [0.3, 0.4) is 0 Å². The normalized spacial score (nSPS) is 10.7. The summed E-state index contributed by atoms with van der Waals surface area (Å²) in [6, 6.07) is 5.66. The second kappa shape index (κ2) is 5.35. The van der Waals surface area contributed by atoms with E-state index in [2.05, 4.69) is 0 Å². The first kappa shape index (κ1) is 10.7. The van der Waals surface area contributed by atoms with Gasteiger partial charge in [0.25, 0.3) is 0 Å². The highest BCUT2D eigenvalue weighted by molar-refractivity contribution is 5.76. The Bertz CT molecular complexity index is 342. The number of rotatable bonds is 4. The summed E-state index contributed by atoms with van der Waals surface area (Å²) in [6.07, 6.45) is 5.83. The van der Waals surface area contributed by atoms with Crippen LogP contribution in [0, 0.1) is 6.92 Å². The fourth-order valence-electron chi connectivity index (χ4n) is 1.27. The van der Waals surface area contributed by atoms with Gasteiger partial charge in [0.15, 0.2) is 0 Å². The van der Waals surface area contributed by atoms with E-state index in [1.54, 1.807) is 0 Å². The highest BCUT2D eigenvalue weighted by atomic mass is 16.1. The summed E-state index contributed by atoms with van der Waals surface area (Å²) in [6.45, 7) is 2.66. The lowest BCUT2D eigenvalue weighted by molar-refractivity contribution is 0.112. The lowest BCUT2D eigenvalue weighted by Gasteiger charge is -2.00. The van der Waals surface area contributed by atoms with Crippen LogP contribution in [0.5, 0.6) is 0 Å². The molecule has 1 aromatic rings. The smallest absolute Gasteiger partial charge is 0.150 e. The molecule has 0 saturated heterocycles. The van der Waals surface area contributed by atoms with Crippen molar-refractivity contribution in [2.75, 3.05) is 6.54 Å². The molecule has 0 spiro atoms. The van der Waals surface area contributed by atoms with E-state index in [1.165, 1.54) is 0 Å². The summed E-state index contributed by atoms with van der Waals surface area (Å²) in [5, 5.41) is 0. The molecule has 0 radical (unpaired) electrons. The third-order valence-electron chi connectivity index (χ3n) is 2.06. The number of hydrogen-bond donors (Lipinski definition) is 1. The summed E-state index contributed by atoms with van der Waals surface area (Å²) in [5.74, 6) is 0. The Morgan fingerprint density at radius 1 is 1.43 bits per heavy atom. The van der Waals surface area contributed by atoms with Gasteiger partial charge in [-0.05, 0) is 37.1 Å². The molecule has 0 amide bonds. The Morgan fingerprint density at radius 3 is 2.79 bits per heavy atom. The minimum atomic E-state index is 0.669. The molecule has 0 aliphatic heterocycles. The number of carbonyl (C=O) groups is 1. The zero-order valence-electron chi connectivity index (χ0n) is 8.36. The van der Waals surface area contributed by atoms with E-state index >= 15 is 0 Å². The summed E-state index contributed by atoms with van der Waals surface area (Å²) in [7, 11) is 0. The second-order valence-electron chi connectivity index (χ2n) is 3.21. The number of hydrogen-bond acceptors (Lipinski definition) is 2. The summed E-state index contributed by atoms with van der Waals surface area (Å²) in [5.41, 5.74) is 8.36. The SMILES string of the molecule is Cc1cc(C=O)ccc1C=CCCN. The minimum absolute atomic E-state index is 0.669. The van der Waals surface area contributed by atoms with Gasteiger partial charge < -0.3 is 5.73 Å². The summed E-state index contributed by atoms with van der Waals surface area (Å²) in [4.78, 5) is 10.5. The van der Waals surface area contributed by atoms with Gasteiger partial charge in [-0.15, -0.1) is 0 Å². The molecule has 0 bridgehead atoms. The molecule has 14 heavy (non-hydrogen) atoms. The summed E-state index contributed by atoms with van der Waals surface area (Å²) < 4.78 is 0. The van der Waals surface area contributed by atoms with E-state index in [-0.39, 0.29) is 0 Å². The van der Waals surface area contributed by atoms with Crippen LogP contribution in [0.1, 0.15) is 27.9 Å². The molecule has 0 aromatic heterocycles. The van der Waals surface area contributed by atoms with Crippen LogP contribution >= 0.6 is 0 Å². The number of carbonyl (C=O) groups excluding carboxylic acids is 1. The maximum atomic E-state index is 10.5. The zero-order chi connectivity index (χ0) is 10.4. The number of nitrogens with two attached hydrogens (primary N) is 1. The van der Waals surface area contributed by atoms with Gasteiger partial charge in [0.1, 0.15) is 6.29 Å². The van der Waals surface area contributed by atoms with Crippen molar-refractivity contribution in [3.8, 4) is 0 Å². The van der Waals surface area contributed by atoms with Gasteiger partial charge in [-0.2, -0.15) is 0 Å². The molecule has 1 rings (SSSR count). The van der Waals surface area contributed by atoms with Crippen molar-refractivity contribution in [1.82, 2.24) is 0 Å². The first-order valence-corrected chi connectivity index (χ1v) is 4.70. The minimum Gasteiger partial charge on any atom is -0.330 e. The molecular weight excluding hydrogens is 174 g/mol. The van der Waals surface area contributed by atoms with E-state index in [4.69, 9.17) is 5.73 Å². The topological polar surface area (TPSA) is 43.1 Å². The number of aryl methyl sites for hydroxylation is 1. The fraction of sp³-hybridized carbons (Fsp3) is 0.250. The molecule has 0 unspecified atom stereocenters. The average Bonchev–Trinajstić information content (AvgIpc) is 2.20. The van der Waals surface area contributed by atoms with E-state index in [9.17, 15) is 4.79 Å². The van der Waals surface area contributed by atoms with Gasteiger partial charge in [-0.25, -0.2) is 0 Å². The van der Waals surface area contributed by atoms with Crippen molar-refractivity contribution in [1.29, 1.82) is 0 Å². The van der Waals surface area contributed by atoms with Gasteiger partial charge >= 0.3 is 0 Å². The fourth-order valence-corrected chi connectivity index (χ4v) is 1.27. The van der Waals surface area contributed by atoms with Gasteiger partial charge in [0.05, 0.1) is 0 Å². The molecule has 0 saturated carbocycles. The highest BCUT2D eigenvalue weighted by Gasteiger charge is 1.95. The predicted octanol–water partition coefficient (Wildman–Crippen LogP) is 2.17. The van der Waals surface area contributed by atoms with Gasteiger partial charge in [-0.1, -0.05) is 24.3 Å². The van der Waals surface area contributed by atoms with Crippen molar-refractivity contribution in [3.63, 3.8) is 0 Å². The Labute approximate surface area is 84.4 Å². The first-order chi connectivity index (χ1) is 6.77. The molecule has 0 heterocycles. The van der Waals surface area contributed by atoms with Crippen molar-refractivity contribution in [2.45, 2.75) is 13.3 Å². The van der Waals surface area contributed by atoms with Crippen molar-refractivity contribution < 1.29 is 4.79 Å². The van der Waals surface area contributed by atoms with Gasteiger partial charge in [-0.3, -0.25) is 4.79 Å². The molecule has 0 atom stereocenters. The van der Waals surface area contributed by atoms with Crippen LogP contribution < -0.4 is 5.73 Å². The molecule has 0 aliphatic carbocycles. The Hall–Kier alpha value is -1.41. The summed E-state index contributed by atoms with van der Waals surface area (Å²) >= 11 is 0. The van der Waals surface area contributed by atoms with Crippen LogP contribution in [0.2, 0.25) is 0 Å². The van der Waals surface area contributed by atoms with Gasteiger partial charge in [0, 0.05) is 5.56 Å². The molecule has 2 heteroatoms. The Morgan fingerprint density at radius 2 is 2.21 bits per heavy atom. The maximum Gasteiger partial charge on any atom is 0.150 e. The van der Waals surface area contributed by atoms with Crippen LogP contribution in [0.15, 0.2) is 24.3 Å². The molecule has 2 N–H and O–H groups in total. The van der Waals surface area contributed by atoms with Crippen molar-refractivity contribution in [3.05, 3.63) is 41.0 Å². The quantitative estimate of drug-likeness (QED) is 0.737. The van der Waals surface area contributed by atoms with Crippen LogP contribution in [0.25, 0.3) is 6.08 Å². The van der Waals surface area contributed by atoms with Crippen LogP contribution in [-0.4, -0.2) is 12.8 Å². The monoisotopic (exact) mass is 189 g/mol. The van der Waals surface area contributed by atoms with Crippen LogP contribution in [-0.2, 0) is 0 Å². The predicted molar refractivity (Wildman–Crippen MR) is 59.3 cm³/mol. The molecule has 2 nitrogen and oxygen atoms in total.